The molecule has 1 aliphatic heterocycles. The molecule has 1 fully saturated rings. The van der Waals surface area contributed by atoms with E-state index < -0.39 is 27.6 Å². The predicted octanol–water partition coefficient (Wildman–Crippen LogP) is 2.26. The van der Waals surface area contributed by atoms with E-state index in [-0.39, 0.29) is 29.1 Å². The lowest BCUT2D eigenvalue weighted by atomic mass is 10.00. The van der Waals surface area contributed by atoms with Crippen LogP contribution in [0.15, 0.2) is 64.8 Å². The van der Waals surface area contributed by atoms with Crippen molar-refractivity contribution < 1.29 is 23.1 Å². The van der Waals surface area contributed by atoms with E-state index in [0.29, 0.717) is 0 Å². The van der Waals surface area contributed by atoms with Gasteiger partial charge in [0.05, 0.1) is 23.1 Å². The number of sulfonamides is 1. The molecule has 0 aromatic heterocycles. The Labute approximate surface area is 187 Å². The summed E-state index contributed by atoms with van der Waals surface area (Å²) in [6.07, 6.45) is 1.76. The molecule has 3 N–H and O–H groups in total. The third-order valence-corrected chi connectivity index (χ3v) is 7.17. The summed E-state index contributed by atoms with van der Waals surface area (Å²) < 4.78 is 27.4. The molecule has 1 unspecified atom stereocenters. The van der Waals surface area contributed by atoms with Gasteiger partial charge in [-0.15, -0.1) is 0 Å². The number of aliphatic hydroxyl groups excluding tert-OH is 1. The zero-order valence-electron chi connectivity index (χ0n) is 17.8. The van der Waals surface area contributed by atoms with E-state index in [4.69, 9.17) is 0 Å². The highest BCUT2D eigenvalue weighted by Crippen LogP contribution is 2.27. The smallest absolute Gasteiger partial charge is 0.289 e. The molecule has 1 aliphatic carbocycles. The highest BCUT2D eigenvalue weighted by atomic mass is 32.2. The lowest BCUT2D eigenvalue weighted by molar-refractivity contribution is -0.126. The van der Waals surface area contributed by atoms with Crippen LogP contribution < -0.4 is 10.0 Å². The fraction of sp³-hybridized carbons (Fsp3) is 0.304. The molecule has 0 saturated heterocycles. The fourth-order valence-electron chi connectivity index (χ4n) is 3.54. The lowest BCUT2D eigenvalue weighted by Gasteiger charge is -2.16. The van der Waals surface area contributed by atoms with Crippen molar-refractivity contribution in [3.8, 4) is 11.1 Å². The van der Waals surface area contributed by atoms with Crippen LogP contribution in [-0.2, 0) is 19.6 Å². The van der Waals surface area contributed by atoms with Gasteiger partial charge in [0.1, 0.15) is 0 Å². The van der Waals surface area contributed by atoms with Crippen LogP contribution in [-0.4, -0.2) is 49.9 Å². The third-order valence-electron chi connectivity index (χ3n) is 5.64. The van der Waals surface area contributed by atoms with Gasteiger partial charge in [0.25, 0.3) is 11.8 Å². The van der Waals surface area contributed by atoms with Gasteiger partial charge in [0.15, 0.2) is 5.76 Å². The van der Waals surface area contributed by atoms with Crippen LogP contribution in [0, 0.1) is 0 Å². The van der Waals surface area contributed by atoms with Crippen LogP contribution in [0.5, 0.6) is 0 Å². The Bertz CT molecular complexity index is 1200. The maximum Gasteiger partial charge on any atom is 0.289 e. The minimum atomic E-state index is -3.50. The molecule has 168 valence electrons. The number of hydrogen-bond acceptors (Lipinski definition) is 5. The zero-order valence-corrected chi connectivity index (χ0v) is 18.6. The summed E-state index contributed by atoms with van der Waals surface area (Å²) in [4.78, 5) is 25.8. The van der Waals surface area contributed by atoms with Crippen LogP contribution >= 0.6 is 0 Å². The van der Waals surface area contributed by atoms with Crippen molar-refractivity contribution in [2.45, 2.75) is 36.7 Å². The summed E-state index contributed by atoms with van der Waals surface area (Å²) >= 11 is 0. The summed E-state index contributed by atoms with van der Waals surface area (Å²) in [6, 6.07) is 13.9. The standard InChI is InChI=1S/C23H25N3O5S/c1-14(24-22(28)20-13-26(2)23(29)21(20)27)16-4-3-5-17(12-16)15-6-10-19(11-7-15)32(30,31)25-18-8-9-18/h3-7,10-12,14,18,25,27H,8-9,13H2,1-2H3,(H,24,28). The van der Waals surface area contributed by atoms with Crippen molar-refractivity contribution >= 4 is 21.8 Å². The number of amides is 2. The normalized spacial score (nSPS) is 17.6. The van der Waals surface area contributed by atoms with Gasteiger partial charge in [-0.25, -0.2) is 13.1 Å². The van der Waals surface area contributed by atoms with Gasteiger partial charge in [-0.1, -0.05) is 30.3 Å². The largest absolute Gasteiger partial charge is 0.503 e. The average molecular weight is 456 g/mol. The maximum atomic E-state index is 12.5. The van der Waals surface area contributed by atoms with Crippen LogP contribution in [0.1, 0.15) is 31.4 Å². The Kier molecular flexibility index (Phi) is 5.79. The quantitative estimate of drug-likeness (QED) is 0.592. The fourth-order valence-corrected chi connectivity index (χ4v) is 4.85. The van der Waals surface area contributed by atoms with E-state index in [0.717, 1.165) is 29.5 Å². The lowest BCUT2D eigenvalue weighted by Crippen LogP contribution is -2.30. The Hall–Kier alpha value is -3.17. The highest BCUT2D eigenvalue weighted by molar-refractivity contribution is 7.89. The number of carbonyl (C=O) groups excluding carboxylic acids is 2. The van der Waals surface area contributed by atoms with Crippen molar-refractivity contribution in [2.24, 2.45) is 0 Å². The van der Waals surface area contributed by atoms with E-state index in [2.05, 4.69) is 10.0 Å². The molecule has 0 bridgehead atoms. The molecule has 0 radical (unpaired) electrons. The Morgan fingerprint density at radius 3 is 2.41 bits per heavy atom. The van der Waals surface area contributed by atoms with E-state index in [1.165, 1.54) is 11.9 Å². The molecule has 9 heteroatoms. The first-order chi connectivity index (χ1) is 15.2. The first kappa shape index (κ1) is 22.0. The molecule has 0 spiro atoms. The van der Waals surface area contributed by atoms with Gasteiger partial charge in [0, 0.05) is 13.1 Å². The van der Waals surface area contributed by atoms with Gasteiger partial charge in [-0.05, 0) is 54.7 Å². The Morgan fingerprint density at radius 1 is 1.12 bits per heavy atom. The molecule has 2 amide bonds. The number of nitrogens with zero attached hydrogens (tertiary/aromatic N) is 1. The zero-order chi connectivity index (χ0) is 23.0. The van der Waals surface area contributed by atoms with Crippen molar-refractivity contribution in [1.29, 1.82) is 0 Å². The molecule has 2 aliphatic rings. The van der Waals surface area contributed by atoms with Crippen molar-refractivity contribution in [1.82, 2.24) is 14.9 Å². The van der Waals surface area contributed by atoms with Crippen LogP contribution in [0.25, 0.3) is 11.1 Å². The van der Waals surface area contributed by atoms with E-state index in [9.17, 15) is 23.1 Å². The van der Waals surface area contributed by atoms with Crippen molar-refractivity contribution in [3.63, 3.8) is 0 Å². The van der Waals surface area contributed by atoms with E-state index in [1.807, 2.05) is 31.2 Å². The molecule has 2 aromatic carbocycles. The molecule has 2 aromatic rings. The average Bonchev–Trinajstić information content (AvgIpc) is 3.55. The molecular weight excluding hydrogens is 430 g/mol. The van der Waals surface area contributed by atoms with Crippen LogP contribution in [0.3, 0.4) is 0 Å². The summed E-state index contributed by atoms with van der Waals surface area (Å²) in [5, 5.41) is 12.7. The molecule has 32 heavy (non-hydrogen) atoms. The van der Waals surface area contributed by atoms with Crippen LogP contribution in [0.2, 0.25) is 0 Å². The van der Waals surface area contributed by atoms with Gasteiger partial charge in [-0.2, -0.15) is 0 Å². The molecule has 1 saturated carbocycles. The molecule has 1 heterocycles. The summed E-state index contributed by atoms with van der Waals surface area (Å²) in [7, 11) is -1.98. The second kappa shape index (κ2) is 8.40. The first-order valence-corrected chi connectivity index (χ1v) is 11.8. The van der Waals surface area contributed by atoms with Gasteiger partial charge < -0.3 is 15.3 Å². The number of aliphatic hydroxyl groups is 1. The first-order valence-electron chi connectivity index (χ1n) is 10.4. The number of nitrogens with one attached hydrogen (secondary N) is 2. The number of carbonyl (C=O) groups is 2. The molecule has 1 atom stereocenters. The summed E-state index contributed by atoms with van der Waals surface area (Å²) in [5.74, 6) is -1.57. The topological polar surface area (TPSA) is 116 Å². The minimum absolute atomic E-state index is 0.0495. The predicted molar refractivity (Wildman–Crippen MR) is 119 cm³/mol. The monoisotopic (exact) mass is 455 g/mol. The maximum absolute atomic E-state index is 12.5. The number of hydrogen-bond donors (Lipinski definition) is 3. The Balaban J connectivity index is 1.48. The van der Waals surface area contributed by atoms with E-state index >= 15 is 0 Å². The summed E-state index contributed by atoms with van der Waals surface area (Å²) in [5.41, 5.74) is 2.61. The molecule has 8 nitrogen and oxygen atoms in total. The second-order valence-corrected chi connectivity index (χ2v) is 9.94. The van der Waals surface area contributed by atoms with Crippen molar-refractivity contribution in [3.05, 3.63) is 65.4 Å². The van der Waals surface area contributed by atoms with E-state index in [1.54, 1.807) is 24.3 Å². The van der Waals surface area contributed by atoms with Gasteiger partial charge in [0.2, 0.25) is 10.0 Å². The molecular formula is C23H25N3O5S. The number of benzene rings is 2. The van der Waals surface area contributed by atoms with Crippen molar-refractivity contribution in [2.75, 3.05) is 13.6 Å². The molecule has 4 rings (SSSR count). The highest BCUT2D eigenvalue weighted by Gasteiger charge is 2.32. The Morgan fingerprint density at radius 2 is 1.81 bits per heavy atom. The third kappa shape index (κ3) is 4.53. The minimum Gasteiger partial charge on any atom is -0.503 e. The summed E-state index contributed by atoms with van der Waals surface area (Å²) in [6.45, 7) is 1.88. The van der Waals surface area contributed by atoms with Crippen LogP contribution in [0.4, 0.5) is 0 Å². The SMILES string of the molecule is CC(NC(=O)C1=C(O)C(=O)N(C)C1)c1cccc(-c2ccc(S(=O)(=O)NC3CC3)cc2)c1. The number of rotatable bonds is 7. The van der Waals surface area contributed by atoms with Gasteiger partial charge >= 0.3 is 0 Å². The second-order valence-electron chi connectivity index (χ2n) is 8.23. The van der Waals surface area contributed by atoms with Gasteiger partial charge in [-0.3, -0.25) is 9.59 Å². The number of likely N-dealkylation sites (N-methyl/N-ethyl adjacent to an activating group) is 1.